The lowest BCUT2D eigenvalue weighted by molar-refractivity contribution is -0.139. The van der Waals surface area contributed by atoms with E-state index < -0.39 is 6.04 Å². The fraction of sp³-hybridized carbons (Fsp3) is 0.269. The van der Waals surface area contributed by atoms with Crippen LogP contribution in [0, 0.1) is 0 Å². The van der Waals surface area contributed by atoms with Crippen LogP contribution in [0.3, 0.4) is 0 Å². The zero-order valence-electron chi connectivity index (χ0n) is 19.2. The number of fused-ring (bicyclic) bond motifs is 1. The Morgan fingerprint density at radius 2 is 1.97 bits per heavy atom. The van der Waals surface area contributed by atoms with Crippen LogP contribution in [0.4, 0.5) is 5.95 Å². The van der Waals surface area contributed by atoms with Crippen LogP contribution in [-0.4, -0.2) is 27.3 Å². The number of hydrogen-bond donors (Lipinski definition) is 1. The molecule has 1 unspecified atom stereocenters. The number of benzene rings is 2. The second kappa shape index (κ2) is 11.4. The van der Waals surface area contributed by atoms with E-state index in [2.05, 4.69) is 17.2 Å². The van der Waals surface area contributed by atoms with Crippen LogP contribution in [0.15, 0.2) is 77.1 Å². The molecule has 8 heteroatoms. The first kappa shape index (κ1) is 24.1. The Kier molecular flexibility index (Phi) is 8.08. The van der Waals surface area contributed by atoms with Crippen LogP contribution in [-0.2, 0) is 15.3 Å². The summed E-state index contributed by atoms with van der Waals surface area (Å²) in [7, 11) is 0. The van der Waals surface area contributed by atoms with Crippen molar-refractivity contribution in [2.24, 2.45) is 0 Å². The molecule has 2 heterocycles. The van der Waals surface area contributed by atoms with Crippen molar-refractivity contribution in [1.29, 1.82) is 0 Å². The zero-order valence-corrected chi connectivity index (χ0v) is 20.8. The maximum Gasteiger partial charge on any atom is 0.338 e. The number of nitrogens with one attached hydrogen (secondary N) is 1. The molecule has 0 spiro atoms. The minimum atomic E-state index is -0.437. The summed E-state index contributed by atoms with van der Waals surface area (Å²) in [5, 5.41) is 9.28. The SMILES string of the molecule is CCCCOC(=O)C1=C(C)Nc2nc(SCc3ccccc3Cl)nn2C1/C=C/c1ccccc1. The van der Waals surface area contributed by atoms with Gasteiger partial charge in [0.1, 0.15) is 6.04 Å². The van der Waals surface area contributed by atoms with Crippen molar-refractivity contribution in [3.63, 3.8) is 0 Å². The summed E-state index contributed by atoms with van der Waals surface area (Å²) in [5.74, 6) is 0.894. The first-order valence-electron chi connectivity index (χ1n) is 11.3. The highest BCUT2D eigenvalue weighted by molar-refractivity contribution is 7.98. The normalized spacial score (nSPS) is 15.3. The number of anilines is 1. The van der Waals surface area contributed by atoms with E-state index in [1.165, 1.54) is 11.8 Å². The second-order valence-corrected chi connectivity index (χ2v) is 9.26. The van der Waals surface area contributed by atoms with Gasteiger partial charge in [-0.3, -0.25) is 0 Å². The predicted octanol–water partition coefficient (Wildman–Crippen LogP) is 6.52. The average Bonchev–Trinajstić information content (AvgIpc) is 3.25. The smallest absolute Gasteiger partial charge is 0.338 e. The highest BCUT2D eigenvalue weighted by Gasteiger charge is 2.32. The minimum Gasteiger partial charge on any atom is -0.462 e. The Bertz CT molecular complexity index is 1210. The van der Waals surface area contributed by atoms with Gasteiger partial charge in [-0.2, -0.15) is 4.98 Å². The summed E-state index contributed by atoms with van der Waals surface area (Å²) >= 11 is 7.80. The number of unbranched alkanes of at least 4 members (excludes halogenated alkanes) is 1. The Morgan fingerprint density at radius 1 is 1.21 bits per heavy atom. The van der Waals surface area contributed by atoms with Crippen LogP contribution in [0.25, 0.3) is 6.08 Å². The quantitative estimate of drug-likeness (QED) is 0.207. The third kappa shape index (κ3) is 5.72. The van der Waals surface area contributed by atoms with E-state index in [1.54, 1.807) is 4.68 Å². The first-order chi connectivity index (χ1) is 16.6. The number of aromatic nitrogens is 3. The van der Waals surface area contributed by atoms with Gasteiger partial charge in [-0.05, 0) is 30.5 Å². The van der Waals surface area contributed by atoms with Gasteiger partial charge in [0, 0.05) is 16.5 Å². The lowest BCUT2D eigenvalue weighted by atomic mass is 10.0. The molecule has 0 bridgehead atoms. The van der Waals surface area contributed by atoms with Crippen LogP contribution < -0.4 is 5.32 Å². The number of hydrogen-bond acceptors (Lipinski definition) is 6. The summed E-state index contributed by atoms with van der Waals surface area (Å²) < 4.78 is 7.31. The highest BCUT2D eigenvalue weighted by Crippen LogP contribution is 2.34. The van der Waals surface area contributed by atoms with Crippen molar-refractivity contribution in [1.82, 2.24) is 14.8 Å². The predicted molar refractivity (Wildman–Crippen MR) is 138 cm³/mol. The molecule has 176 valence electrons. The molecule has 34 heavy (non-hydrogen) atoms. The lowest BCUT2D eigenvalue weighted by Crippen LogP contribution is -2.28. The van der Waals surface area contributed by atoms with Gasteiger partial charge in [-0.25, -0.2) is 9.48 Å². The molecule has 4 rings (SSSR count). The van der Waals surface area contributed by atoms with E-state index in [4.69, 9.17) is 21.4 Å². The maximum absolute atomic E-state index is 13.0. The van der Waals surface area contributed by atoms with E-state index in [0.717, 1.165) is 29.0 Å². The fourth-order valence-electron chi connectivity index (χ4n) is 3.59. The van der Waals surface area contributed by atoms with Gasteiger partial charge in [-0.1, -0.05) is 97.4 Å². The topological polar surface area (TPSA) is 69.0 Å². The van der Waals surface area contributed by atoms with Gasteiger partial charge in [0.25, 0.3) is 0 Å². The number of thioether (sulfide) groups is 1. The second-order valence-electron chi connectivity index (χ2n) is 7.91. The third-order valence-electron chi connectivity index (χ3n) is 5.41. The average molecular weight is 495 g/mol. The van der Waals surface area contributed by atoms with Crippen LogP contribution in [0.5, 0.6) is 0 Å². The number of carbonyl (C=O) groups excluding carboxylic acids is 1. The molecule has 0 aliphatic carbocycles. The monoisotopic (exact) mass is 494 g/mol. The van der Waals surface area contributed by atoms with Gasteiger partial charge >= 0.3 is 5.97 Å². The molecule has 0 saturated carbocycles. The minimum absolute atomic E-state index is 0.340. The molecular weight excluding hydrogens is 468 g/mol. The molecule has 1 aromatic heterocycles. The van der Waals surface area contributed by atoms with Crippen LogP contribution in [0.2, 0.25) is 5.02 Å². The molecule has 1 aliphatic rings. The molecule has 2 aromatic carbocycles. The molecule has 0 amide bonds. The summed E-state index contributed by atoms with van der Waals surface area (Å²) in [4.78, 5) is 17.7. The van der Waals surface area contributed by atoms with Crippen LogP contribution >= 0.6 is 23.4 Å². The number of carbonyl (C=O) groups is 1. The molecule has 0 fully saturated rings. The van der Waals surface area contributed by atoms with E-state index in [-0.39, 0.29) is 5.97 Å². The Hall–Kier alpha value is -3.03. The number of allylic oxidation sites excluding steroid dienone is 2. The molecule has 3 aromatic rings. The molecular formula is C26H27ClN4O2S. The Labute approximate surface area is 209 Å². The number of ether oxygens (including phenoxy) is 1. The molecule has 1 atom stereocenters. The Morgan fingerprint density at radius 3 is 2.74 bits per heavy atom. The lowest BCUT2D eigenvalue weighted by Gasteiger charge is -2.25. The number of esters is 1. The number of nitrogens with zero attached hydrogens (tertiary/aromatic N) is 3. The number of halogens is 1. The van der Waals surface area contributed by atoms with Crippen molar-refractivity contribution in [2.45, 2.75) is 43.6 Å². The largest absolute Gasteiger partial charge is 0.462 e. The fourth-order valence-corrected chi connectivity index (χ4v) is 4.70. The van der Waals surface area contributed by atoms with Gasteiger partial charge in [0.2, 0.25) is 11.1 Å². The van der Waals surface area contributed by atoms with Gasteiger partial charge in [-0.15, -0.1) is 5.10 Å². The van der Waals surface area contributed by atoms with Crippen molar-refractivity contribution >= 4 is 41.4 Å². The molecule has 0 radical (unpaired) electrons. The van der Waals surface area contributed by atoms with Crippen molar-refractivity contribution in [3.8, 4) is 0 Å². The number of rotatable bonds is 9. The van der Waals surface area contributed by atoms with Gasteiger partial charge in [0.15, 0.2) is 0 Å². The standard InChI is InChI=1S/C26H27ClN4O2S/c1-3-4-16-33-24(32)23-18(2)28-25-29-26(34-17-20-12-8-9-13-21(20)27)30-31(25)22(23)15-14-19-10-6-5-7-11-19/h5-15,22H,3-4,16-17H2,1-2H3,(H,28,29,30)/b15-14+. The van der Waals surface area contributed by atoms with E-state index in [9.17, 15) is 4.79 Å². The van der Waals surface area contributed by atoms with Crippen molar-refractivity contribution < 1.29 is 9.53 Å². The van der Waals surface area contributed by atoms with Gasteiger partial charge < -0.3 is 10.1 Å². The molecule has 1 aliphatic heterocycles. The zero-order chi connectivity index (χ0) is 23.9. The summed E-state index contributed by atoms with van der Waals surface area (Å²) in [6.07, 6.45) is 5.74. The van der Waals surface area contributed by atoms with E-state index in [1.807, 2.05) is 73.7 Å². The Balaban J connectivity index is 1.62. The van der Waals surface area contributed by atoms with E-state index >= 15 is 0 Å². The molecule has 6 nitrogen and oxygen atoms in total. The molecule has 0 saturated heterocycles. The van der Waals surface area contributed by atoms with Crippen LogP contribution in [0.1, 0.15) is 43.9 Å². The molecule has 1 N–H and O–H groups in total. The van der Waals surface area contributed by atoms with E-state index in [0.29, 0.717) is 34.7 Å². The van der Waals surface area contributed by atoms with Crippen molar-refractivity contribution in [2.75, 3.05) is 11.9 Å². The highest BCUT2D eigenvalue weighted by atomic mass is 35.5. The summed E-state index contributed by atoms with van der Waals surface area (Å²) in [6, 6.07) is 17.3. The van der Waals surface area contributed by atoms with Gasteiger partial charge in [0.05, 0.1) is 12.2 Å². The maximum atomic E-state index is 13.0. The summed E-state index contributed by atoms with van der Waals surface area (Å²) in [5.41, 5.74) is 3.30. The summed E-state index contributed by atoms with van der Waals surface area (Å²) in [6.45, 7) is 4.33. The third-order valence-corrected chi connectivity index (χ3v) is 6.67. The van der Waals surface area contributed by atoms with Crippen molar-refractivity contribution in [3.05, 3.63) is 88.1 Å². The first-order valence-corrected chi connectivity index (χ1v) is 12.6.